The van der Waals surface area contributed by atoms with Crippen molar-refractivity contribution in [3.8, 4) is 0 Å². The van der Waals surface area contributed by atoms with Crippen molar-refractivity contribution in [2.75, 3.05) is 26.4 Å². The molecule has 3 nitrogen and oxygen atoms in total. The summed E-state index contributed by atoms with van der Waals surface area (Å²) in [5, 5.41) is 3.45. The van der Waals surface area contributed by atoms with Crippen molar-refractivity contribution in [2.24, 2.45) is 0 Å². The Hall–Kier alpha value is -0.120. The van der Waals surface area contributed by atoms with Gasteiger partial charge >= 0.3 is 0 Å². The Bertz CT molecular complexity index is 131. The second kappa shape index (κ2) is 10.4. The Balaban J connectivity index is 3.33. The molecule has 15 heavy (non-hydrogen) atoms. The van der Waals surface area contributed by atoms with Gasteiger partial charge in [0.2, 0.25) is 0 Å². The summed E-state index contributed by atoms with van der Waals surface area (Å²) in [4.78, 5) is 0. The summed E-state index contributed by atoms with van der Waals surface area (Å²) in [6.45, 7) is 11.8. The summed E-state index contributed by atoms with van der Waals surface area (Å²) in [5.74, 6) is 0. The summed E-state index contributed by atoms with van der Waals surface area (Å²) in [6.07, 6.45) is 2.56. The molecule has 1 N–H and O–H groups in total. The van der Waals surface area contributed by atoms with Gasteiger partial charge in [-0.3, -0.25) is 0 Å². The summed E-state index contributed by atoms with van der Waals surface area (Å²) in [5.41, 5.74) is 0. The van der Waals surface area contributed by atoms with E-state index in [1.165, 1.54) is 6.42 Å². The zero-order valence-corrected chi connectivity index (χ0v) is 10.7. The lowest BCUT2D eigenvalue weighted by Gasteiger charge is -2.18. The minimum absolute atomic E-state index is 0.310. The minimum atomic E-state index is 0.310. The van der Waals surface area contributed by atoms with Gasteiger partial charge in [-0.15, -0.1) is 0 Å². The van der Waals surface area contributed by atoms with E-state index < -0.39 is 0 Å². The van der Waals surface area contributed by atoms with Crippen molar-refractivity contribution >= 4 is 0 Å². The summed E-state index contributed by atoms with van der Waals surface area (Å²) < 4.78 is 10.8. The molecule has 0 heterocycles. The van der Waals surface area contributed by atoms with Crippen LogP contribution < -0.4 is 5.32 Å². The van der Waals surface area contributed by atoms with Crippen molar-refractivity contribution < 1.29 is 9.47 Å². The van der Waals surface area contributed by atoms with Crippen LogP contribution in [0.15, 0.2) is 0 Å². The molecule has 0 spiro atoms. The Morgan fingerprint density at radius 2 is 1.87 bits per heavy atom. The molecule has 0 bridgehead atoms. The van der Waals surface area contributed by atoms with Crippen LogP contribution in [0.25, 0.3) is 0 Å². The SMILES string of the molecule is CCCNC(C)CC(C)OCCOCC. The van der Waals surface area contributed by atoms with Crippen LogP contribution in [-0.2, 0) is 9.47 Å². The highest BCUT2D eigenvalue weighted by molar-refractivity contribution is 4.64. The lowest BCUT2D eigenvalue weighted by molar-refractivity contribution is 0.00891. The number of rotatable bonds is 10. The molecule has 0 aromatic rings. The zero-order valence-electron chi connectivity index (χ0n) is 10.7. The van der Waals surface area contributed by atoms with Gasteiger partial charge in [0, 0.05) is 12.6 Å². The van der Waals surface area contributed by atoms with E-state index in [4.69, 9.17) is 9.47 Å². The summed E-state index contributed by atoms with van der Waals surface area (Å²) >= 11 is 0. The molecule has 2 unspecified atom stereocenters. The largest absolute Gasteiger partial charge is 0.379 e. The molecule has 0 aliphatic carbocycles. The van der Waals surface area contributed by atoms with E-state index in [0.717, 1.165) is 19.6 Å². The van der Waals surface area contributed by atoms with Crippen molar-refractivity contribution in [1.29, 1.82) is 0 Å². The van der Waals surface area contributed by atoms with Crippen LogP contribution >= 0.6 is 0 Å². The van der Waals surface area contributed by atoms with Gasteiger partial charge in [-0.1, -0.05) is 6.92 Å². The van der Waals surface area contributed by atoms with E-state index in [0.29, 0.717) is 25.4 Å². The van der Waals surface area contributed by atoms with E-state index in [9.17, 15) is 0 Å². The highest BCUT2D eigenvalue weighted by atomic mass is 16.5. The third kappa shape index (κ3) is 10.2. The van der Waals surface area contributed by atoms with Crippen molar-refractivity contribution in [2.45, 2.75) is 52.7 Å². The Morgan fingerprint density at radius 1 is 1.13 bits per heavy atom. The summed E-state index contributed by atoms with van der Waals surface area (Å²) in [7, 11) is 0. The zero-order chi connectivity index (χ0) is 11.5. The fraction of sp³-hybridized carbons (Fsp3) is 1.00. The first kappa shape index (κ1) is 14.9. The fourth-order valence-corrected chi connectivity index (χ4v) is 1.49. The van der Waals surface area contributed by atoms with Gasteiger partial charge in [-0.05, 0) is 40.2 Å². The highest BCUT2D eigenvalue weighted by Crippen LogP contribution is 2.02. The quantitative estimate of drug-likeness (QED) is 0.569. The van der Waals surface area contributed by atoms with Gasteiger partial charge in [-0.2, -0.15) is 0 Å². The average molecular weight is 217 g/mol. The predicted octanol–water partition coefficient (Wildman–Crippen LogP) is 2.21. The van der Waals surface area contributed by atoms with Gasteiger partial charge in [0.25, 0.3) is 0 Å². The van der Waals surface area contributed by atoms with Crippen LogP contribution in [0.5, 0.6) is 0 Å². The first-order valence-electron chi connectivity index (χ1n) is 6.13. The predicted molar refractivity (Wildman–Crippen MR) is 64.3 cm³/mol. The third-order valence-electron chi connectivity index (χ3n) is 2.26. The van der Waals surface area contributed by atoms with E-state index in [1.807, 2.05) is 6.92 Å². The maximum absolute atomic E-state index is 5.63. The number of hydrogen-bond donors (Lipinski definition) is 1. The third-order valence-corrected chi connectivity index (χ3v) is 2.26. The Morgan fingerprint density at radius 3 is 2.47 bits per heavy atom. The lowest BCUT2D eigenvalue weighted by atomic mass is 10.1. The Labute approximate surface area is 94.5 Å². The first-order valence-corrected chi connectivity index (χ1v) is 6.13. The molecule has 0 rings (SSSR count). The van der Waals surface area contributed by atoms with Gasteiger partial charge in [0.05, 0.1) is 19.3 Å². The van der Waals surface area contributed by atoms with Crippen molar-refractivity contribution in [3.63, 3.8) is 0 Å². The van der Waals surface area contributed by atoms with Gasteiger partial charge in [0.1, 0.15) is 0 Å². The molecule has 0 amide bonds. The molecule has 92 valence electrons. The van der Waals surface area contributed by atoms with E-state index in [2.05, 4.69) is 26.1 Å². The standard InChI is InChI=1S/C12H27NO2/c1-5-7-13-11(3)10-12(4)15-9-8-14-6-2/h11-13H,5-10H2,1-4H3. The first-order chi connectivity index (χ1) is 7.20. The summed E-state index contributed by atoms with van der Waals surface area (Å²) in [6, 6.07) is 0.534. The lowest BCUT2D eigenvalue weighted by Crippen LogP contribution is -2.31. The van der Waals surface area contributed by atoms with Crippen LogP contribution in [0.4, 0.5) is 0 Å². The van der Waals surface area contributed by atoms with Crippen LogP contribution in [-0.4, -0.2) is 38.5 Å². The van der Waals surface area contributed by atoms with Crippen LogP contribution in [0.2, 0.25) is 0 Å². The van der Waals surface area contributed by atoms with Crippen LogP contribution in [0.3, 0.4) is 0 Å². The van der Waals surface area contributed by atoms with Crippen LogP contribution in [0, 0.1) is 0 Å². The highest BCUT2D eigenvalue weighted by Gasteiger charge is 2.07. The van der Waals surface area contributed by atoms with Crippen molar-refractivity contribution in [3.05, 3.63) is 0 Å². The van der Waals surface area contributed by atoms with Crippen molar-refractivity contribution in [1.82, 2.24) is 5.32 Å². The maximum Gasteiger partial charge on any atom is 0.0704 e. The van der Waals surface area contributed by atoms with E-state index in [-0.39, 0.29) is 0 Å². The molecule has 0 aliphatic heterocycles. The normalized spacial score (nSPS) is 15.2. The number of hydrogen-bond acceptors (Lipinski definition) is 3. The topological polar surface area (TPSA) is 30.5 Å². The van der Waals surface area contributed by atoms with Gasteiger partial charge < -0.3 is 14.8 Å². The molecule has 0 saturated carbocycles. The van der Waals surface area contributed by atoms with E-state index >= 15 is 0 Å². The molecule has 0 saturated heterocycles. The molecule has 0 aromatic carbocycles. The Kier molecular flexibility index (Phi) is 10.3. The second-order valence-electron chi connectivity index (χ2n) is 3.97. The fourth-order valence-electron chi connectivity index (χ4n) is 1.49. The molecular formula is C12H27NO2. The molecule has 0 aliphatic rings. The molecule has 0 aromatic heterocycles. The molecule has 0 fully saturated rings. The van der Waals surface area contributed by atoms with Crippen LogP contribution in [0.1, 0.15) is 40.5 Å². The number of ether oxygens (including phenoxy) is 2. The molecule has 3 heteroatoms. The van der Waals surface area contributed by atoms with E-state index in [1.54, 1.807) is 0 Å². The molecule has 0 radical (unpaired) electrons. The smallest absolute Gasteiger partial charge is 0.0704 e. The number of nitrogens with one attached hydrogen (secondary N) is 1. The molecule has 2 atom stereocenters. The maximum atomic E-state index is 5.63. The second-order valence-corrected chi connectivity index (χ2v) is 3.97. The minimum Gasteiger partial charge on any atom is -0.379 e. The van der Waals surface area contributed by atoms with Gasteiger partial charge in [-0.25, -0.2) is 0 Å². The van der Waals surface area contributed by atoms with Gasteiger partial charge in [0.15, 0.2) is 0 Å². The molecular weight excluding hydrogens is 190 g/mol. The monoisotopic (exact) mass is 217 g/mol. The average Bonchev–Trinajstić information content (AvgIpc) is 2.21.